The van der Waals surface area contributed by atoms with E-state index < -0.39 is 8.07 Å². The molecule has 0 aliphatic carbocycles. The predicted octanol–water partition coefficient (Wildman–Crippen LogP) is 2.18. The average Bonchev–Trinajstić information content (AvgIpc) is 2.01. The van der Waals surface area contributed by atoms with Crippen LogP contribution in [0.4, 0.5) is 0 Å². The van der Waals surface area contributed by atoms with E-state index in [1.54, 1.807) is 0 Å². The molecule has 0 aliphatic rings. The molecule has 14 heavy (non-hydrogen) atoms. The smallest absolute Gasteiger partial charge is 0.183 e. The molecule has 0 amide bonds. The van der Waals surface area contributed by atoms with E-state index in [1.165, 1.54) is 10.9 Å². The quantitative estimate of drug-likeness (QED) is 0.518. The number of nitrogens with zero attached hydrogens (tertiary/aromatic N) is 1. The molecule has 0 unspecified atom stereocenters. The summed E-state index contributed by atoms with van der Waals surface area (Å²) < 4.78 is 2.28. The van der Waals surface area contributed by atoms with Crippen molar-refractivity contribution >= 4 is 13.3 Å². The van der Waals surface area contributed by atoms with Crippen LogP contribution in [0.25, 0.3) is 0 Å². The van der Waals surface area contributed by atoms with E-state index in [9.17, 15) is 0 Å². The molecular formula is C12H22NSi+. The van der Waals surface area contributed by atoms with Gasteiger partial charge in [0.25, 0.3) is 0 Å². The number of pyridine rings is 1. The van der Waals surface area contributed by atoms with Gasteiger partial charge in [-0.2, -0.15) is 0 Å². The molecule has 0 N–H and O–H groups in total. The molecule has 0 atom stereocenters. The minimum atomic E-state index is -1.14. The zero-order chi connectivity index (χ0) is 10.9. The third kappa shape index (κ3) is 2.44. The van der Waals surface area contributed by atoms with E-state index >= 15 is 0 Å². The highest BCUT2D eigenvalue weighted by Crippen LogP contribution is 2.08. The predicted molar refractivity (Wildman–Crippen MR) is 64.7 cm³/mol. The van der Waals surface area contributed by atoms with Crippen LogP contribution in [0.15, 0.2) is 18.3 Å². The summed E-state index contributed by atoms with van der Waals surface area (Å²) in [5, 5.41) is 1.53. The second-order valence-corrected chi connectivity index (χ2v) is 10.4. The summed E-state index contributed by atoms with van der Waals surface area (Å²) in [5.41, 5.74) is 1.41. The van der Waals surface area contributed by atoms with Crippen LogP contribution in [0.5, 0.6) is 0 Å². The van der Waals surface area contributed by atoms with Gasteiger partial charge in [-0.05, 0) is 0 Å². The van der Waals surface area contributed by atoms with E-state index in [2.05, 4.69) is 63.4 Å². The van der Waals surface area contributed by atoms with Crippen LogP contribution in [0.1, 0.15) is 25.5 Å². The van der Waals surface area contributed by atoms with Crippen molar-refractivity contribution in [1.29, 1.82) is 0 Å². The van der Waals surface area contributed by atoms with E-state index in [4.69, 9.17) is 0 Å². The van der Waals surface area contributed by atoms with E-state index in [-0.39, 0.29) is 0 Å². The molecular weight excluding hydrogens is 186 g/mol. The van der Waals surface area contributed by atoms with Crippen molar-refractivity contribution < 1.29 is 4.57 Å². The SMILES string of the molecule is CC(C)c1ccc([Si](C)(C)C)c[n+]1C. The van der Waals surface area contributed by atoms with Gasteiger partial charge in [0.1, 0.15) is 7.05 Å². The first kappa shape index (κ1) is 11.4. The van der Waals surface area contributed by atoms with Crippen LogP contribution < -0.4 is 9.75 Å². The Kier molecular flexibility index (Phi) is 3.15. The molecule has 1 aromatic rings. The highest BCUT2D eigenvalue weighted by Gasteiger charge is 2.21. The molecule has 0 aliphatic heterocycles. The van der Waals surface area contributed by atoms with Crippen LogP contribution in [0.2, 0.25) is 19.6 Å². The maximum Gasteiger partial charge on any atom is 0.183 e. The first-order valence-corrected chi connectivity index (χ1v) is 8.82. The molecule has 0 spiro atoms. The van der Waals surface area contributed by atoms with E-state index in [0.29, 0.717) is 5.92 Å². The zero-order valence-corrected chi connectivity index (χ0v) is 11.3. The van der Waals surface area contributed by atoms with Gasteiger partial charge in [0, 0.05) is 17.2 Å². The fourth-order valence-corrected chi connectivity index (χ4v) is 2.83. The van der Waals surface area contributed by atoms with Crippen LogP contribution in [0.3, 0.4) is 0 Å². The summed E-state index contributed by atoms with van der Waals surface area (Å²) >= 11 is 0. The molecule has 0 bridgehead atoms. The normalized spacial score (nSPS) is 12.2. The second kappa shape index (κ2) is 3.85. The standard InChI is InChI=1S/C12H22NSi/c1-10(2)12-8-7-11(9-13(12)3)14(4,5)6/h7-10H,1-6H3/q+1. The average molecular weight is 208 g/mol. The van der Waals surface area contributed by atoms with Gasteiger partial charge in [-0.25, -0.2) is 4.57 Å². The summed E-state index contributed by atoms with van der Waals surface area (Å²) in [7, 11) is 1.01. The maximum atomic E-state index is 2.39. The van der Waals surface area contributed by atoms with Crippen molar-refractivity contribution in [3.05, 3.63) is 24.0 Å². The van der Waals surface area contributed by atoms with Gasteiger partial charge >= 0.3 is 0 Å². The van der Waals surface area contributed by atoms with E-state index in [0.717, 1.165) is 0 Å². The number of rotatable bonds is 2. The number of hydrogen-bond acceptors (Lipinski definition) is 0. The van der Waals surface area contributed by atoms with Crippen molar-refractivity contribution in [3.63, 3.8) is 0 Å². The van der Waals surface area contributed by atoms with Gasteiger partial charge in [0.15, 0.2) is 11.9 Å². The Morgan fingerprint density at radius 2 is 1.71 bits per heavy atom. The number of hydrogen-bond donors (Lipinski definition) is 0. The molecule has 2 heteroatoms. The first-order valence-electron chi connectivity index (χ1n) is 5.32. The third-order valence-corrected chi connectivity index (χ3v) is 4.66. The Labute approximate surface area is 88.8 Å². The second-order valence-electron chi connectivity index (χ2n) is 5.36. The van der Waals surface area contributed by atoms with Crippen molar-refractivity contribution in [2.75, 3.05) is 0 Å². The summed E-state index contributed by atoms with van der Waals surface area (Å²) in [5.74, 6) is 0.607. The molecule has 0 saturated heterocycles. The van der Waals surface area contributed by atoms with Gasteiger partial charge in [-0.1, -0.05) is 39.6 Å². The summed E-state index contributed by atoms with van der Waals surface area (Å²) in [6.07, 6.45) is 2.31. The van der Waals surface area contributed by atoms with Crippen molar-refractivity contribution in [2.24, 2.45) is 7.05 Å². The number of aryl methyl sites for hydroxylation is 1. The van der Waals surface area contributed by atoms with E-state index in [1.807, 2.05) is 0 Å². The van der Waals surface area contributed by atoms with Crippen LogP contribution in [-0.2, 0) is 7.05 Å². The summed E-state index contributed by atoms with van der Waals surface area (Å²) in [4.78, 5) is 0. The molecule has 78 valence electrons. The molecule has 1 heterocycles. The van der Waals surface area contributed by atoms with Crippen LogP contribution in [0, 0.1) is 0 Å². The first-order chi connectivity index (χ1) is 6.32. The Balaban J connectivity index is 3.13. The third-order valence-electron chi connectivity index (χ3n) is 2.63. The summed E-state index contributed by atoms with van der Waals surface area (Å²) in [6.45, 7) is 11.6. The highest BCUT2D eigenvalue weighted by molar-refractivity contribution is 6.88. The fourth-order valence-electron chi connectivity index (χ4n) is 1.66. The lowest BCUT2D eigenvalue weighted by Crippen LogP contribution is -2.46. The molecule has 0 fully saturated rings. The van der Waals surface area contributed by atoms with Crippen LogP contribution >= 0.6 is 0 Å². The molecule has 1 aromatic heterocycles. The topological polar surface area (TPSA) is 3.88 Å². The Hall–Kier alpha value is -0.633. The highest BCUT2D eigenvalue weighted by atomic mass is 28.3. The zero-order valence-electron chi connectivity index (χ0n) is 10.3. The van der Waals surface area contributed by atoms with Gasteiger partial charge in [0.05, 0.1) is 8.07 Å². The van der Waals surface area contributed by atoms with Crippen molar-refractivity contribution in [3.8, 4) is 0 Å². The molecule has 0 saturated carbocycles. The maximum absolute atomic E-state index is 2.39. The monoisotopic (exact) mass is 208 g/mol. The van der Waals surface area contributed by atoms with Crippen LogP contribution in [-0.4, -0.2) is 8.07 Å². The lowest BCUT2D eigenvalue weighted by atomic mass is 10.1. The van der Waals surface area contributed by atoms with Gasteiger partial charge in [-0.3, -0.25) is 0 Å². The van der Waals surface area contributed by atoms with Crippen molar-refractivity contribution in [1.82, 2.24) is 0 Å². The molecule has 1 rings (SSSR count). The Morgan fingerprint density at radius 1 is 1.14 bits per heavy atom. The van der Waals surface area contributed by atoms with Crippen molar-refractivity contribution in [2.45, 2.75) is 39.4 Å². The molecule has 0 radical (unpaired) electrons. The van der Waals surface area contributed by atoms with Gasteiger partial charge in [-0.15, -0.1) is 0 Å². The molecule has 1 nitrogen and oxygen atoms in total. The number of aromatic nitrogens is 1. The Morgan fingerprint density at radius 3 is 2.07 bits per heavy atom. The minimum Gasteiger partial charge on any atom is -0.205 e. The fraction of sp³-hybridized carbons (Fsp3) is 0.583. The van der Waals surface area contributed by atoms with Gasteiger partial charge in [0.2, 0.25) is 0 Å². The largest absolute Gasteiger partial charge is 0.205 e. The lowest BCUT2D eigenvalue weighted by molar-refractivity contribution is -0.679. The summed E-state index contributed by atoms with van der Waals surface area (Å²) in [6, 6.07) is 4.58. The van der Waals surface area contributed by atoms with Gasteiger partial charge < -0.3 is 0 Å². The Bertz CT molecular complexity index is 324. The lowest BCUT2D eigenvalue weighted by Gasteiger charge is -2.15. The minimum absolute atomic E-state index is 0.607. The molecule has 0 aromatic carbocycles.